The standard InChI is InChI=1S/C14H13BrFN/c1-10(11-4-2-6-13(16)8-11)17-14-7-3-5-12(15)9-14/h2-10,17H,1H3. The van der Waals surface area contributed by atoms with Gasteiger partial charge in [-0.3, -0.25) is 0 Å². The summed E-state index contributed by atoms with van der Waals surface area (Å²) in [5.74, 6) is -0.203. The van der Waals surface area contributed by atoms with Crippen LogP contribution in [-0.4, -0.2) is 0 Å². The van der Waals surface area contributed by atoms with E-state index in [1.54, 1.807) is 12.1 Å². The summed E-state index contributed by atoms with van der Waals surface area (Å²) < 4.78 is 14.1. The van der Waals surface area contributed by atoms with Gasteiger partial charge in [0.15, 0.2) is 0 Å². The van der Waals surface area contributed by atoms with Crippen molar-refractivity contribution in [3.05, 3.63) is 64.4 Å². The summed E-state index contributed by atoms with van der Waals surface area (Å²) in [6.45, 7) is 2.01. The monoisotopic (exact) mass is 293 g/mol. The summed E-state index contributed by atoms with van der Waals surface area (Å²) in [5.41, 5.74) is 1.95. The highest BCUT2D eigenvalue weighted by atomic mass is 79.9. The summed E-state index contributed by atoms with van der Waals surface area (Å²) in [4.78, 5) is 0. The second-order valence-corrected chi connectivity index (χ2v) is 4.85. The molecular weight excluding hydrogens is 281 g/mol. The third-order valence-electron chi connectivity index (χ3n) is 2.56. The Morgan fingerprint density at radius 1 is 1.12 bits per heavy atom. The fraction of sp³-hybridized carbons (Fsp3) is 0.143. The van der Waals surface area contributed by atoms with Gasteiger partial charge in [0.25, 0.3) is 0 Å². The first-order valence-electron chi connectivity index (χ1n) is 5.43. The van der Waals surface area contributed by atoms with Gasteiger partial charge in [-0.2, -0.15) is 0 Å². The summed E-state index contributed by atoms with van der Waals surface area (Å²) in [6, 6.07) is 14.6. The number of hydrogen-bond donors (Lipinski definition) is 1. The van der Waals surface area contributed by atoms with Gasteiger partial charge in [-0.15, -0.1) is 0 Å². The SMILES string of the molecule is CC(Nc1cccc(Br)c1)c1cccc(F)c1. The van der Waals surface area contributed by atoms with Gasteiger partial charge in [0.1, 0.15) is 5.82 Å². The highest BCUT2D eigenvalue weighted by molar-refractivity contribution is 9.10. The van der Waals surface area contributed by atoms with Crippen molar-refractivity contribution >= 4 is 21.6 Å². The van der Waals surface area contributed by atoms with Crippen molar-refractivity contribution in [3.8, 4) is 0 Å². The molecule has 0 spiro atoms. The van der Waals surface area contributed by atoms with Crippen LogP contribution in [0, 0.1) is 5.82 Å². The van der Waals surface area contributed by atoms with Gasteiger partial charge in [-0.05, 0) is 42.8 Å². The van der Waals surface area contributed by atoms with Gasteiger partial charge in [0.2, 0.25) is 0 Å². The van der Waals surface area contributed by atoms with E-state index in [1.807, 2.05) is 37.3 Å². The molecule has 3 heteroatoms. The maximum Gasteiger partial charge on any atom is 0.123 e. The zero-order chi connectivity index (χ0) is 12.3. The van der Waals surface area contributed by atoms with E-state index in [-0.39, 0.29) is 11.9 Å². The summed E-state index contributed by atoms with van der Waals surface area (Å²) in [5, 5.41) is 3.33. The molecule has 1 atom stereocenters. The molecule has 1 N–H and O–H groups in total. The second kappa shape index (κ2) is 5.32. The highest BCUT2D eigenvalue weighted by Crippen LogP contribution is 2.22. The average molecular weight is 294 g/mol. The highest BCUT2D eigenvalue weighted by Gasteiger charge is 2.06. The number of halogens is 2. The van der Waals surface area contributed by atoms with Crippen LogP contribution in [-0.2, 0) is 0 Å². The average Bonchev–Trinajstić information content (AvgIpc) is 2.29. The van der Waals surface area contributed by atoms with Crippen molar-refractivity contribution in [3.63, 3.8) is 0 Å². The van der Waals surface area contributed by atoms with Crippen LogP contribution >= 0.6 is 15.9 Å². The van der Waals surface area contributed by atoms with E-state index in [1.165, 1.54) is 6.07 Å². The Bertz CT molecular complexity index is 513. The third kappa shape index (κ3) is 3.30. The molecule has 2 rings (SSSR count). The molecule has 2 aromatic carbocycles. The molecule has 88 valence electrons. The normalized spacial score (nSPS) is 12.2. The first-order chi connectivity index (χ1) is 8.15. The van der Waals surface area contributed by atoms with Crippen LogP contribution in [0.5, 0.6) is 0 Å². The molecule has 17 heavy (non-hydrogen) atoms. The van der Waals surface area contributed by atoms with E-state index in [2.05, 4.69) is 21.2 Å². The van der Waals surface area contributed by atoms with Crippen molar-refractivity contribution in [2.75, 3.05) is 5.32 Å². The Hall–Kier alpha value is -1.35. The van der Waals surface area contributed by atoms with E-state index >= 15 is 0 Å². The molecule has 0 fully saturated rings. The molecule has 0 aliphatic heterocycles. The number of rotatable bonds is 3. The Balaban J connectivity index is 2.14. The van der Waals surface area contributed by atoms with Crippen molar-refractivity contribution < 1.29 is 4.39 Å². The smallest absolute Gasteiger partial charge is 0.123 e. The van der Waals surface area contributed by atoms with E-state index in [0.717, 1.165) is 15.7 Å². The van der Waals surface area contributed by atoms with Gasteiger partial charge < -0.3 is 5.32 Å². The van der Waals surface area contributed by atoms with Crippen LogP contribution in [0.1, 0.15) is 18.5 Å². The molecule has 0 amide bonds. The maximum absolute atomic E-state index is 13.1. The van der Waals surface area contributed by atoms with Gasteiger partial charge in [0, 0.05) is 16.2 Å². The van der Waals surface area contributed by atoms with Crippen LogP contribution in [0.15, 0.2) is 53.0 Å². The summed E-state index contributed by atoms with van der Waals surface area (Å²) >= 11 is 3.42. The molecule has 0 aliphatic carbocycles. The van der Waals surface area contributed by atoms with Crippen LogP contribution in [0.2, 0.25) is 0 Å². The van der Waals surface area contributed by atoms with Crippen LogP contribution in [0.25, 0.3) is 0 Å². The number of nitrogens with one attached hydrogen (secondary N) is 1. The molecule has 0 saturated heterocycles. The summed E-state index contributed by atoms with van der Waals surface area (Å²) in [6.07, 6.45) is 0. The first-order valence-corrected chi connectivity index (χ1v) is 6.22. The Morgan fingerprint density at radius 3 is 2.59 bits per heavy atom. The minimum Gasteiger partial charge on any atom is -0.378 e. The second-order valence-electron chi connectivity index (χ2n) is 3.93. The number of benzene rings is 2. The van der Waals surface area contributed by atoms with E-state index < -0.39 is 0 Å². The Morgan fingerprint density at radius 2 is 1.88 bits per heavy atom. The van der Waals surface area contributed by atoms with Crippen molar-refractivity contribution in [1.29, 1.82) is 0 Å². The lowest BCUT2D eigenvalue weighted by atomic mass is 10.1. The number of hydrogen-bond acceptors (Lipinski definition) is 1. The van der Waals surface area contributed by atoms with Crippen LogP contribution in [0.3, 0.4) is 0 Å². The zero-order valence-electron chi connectivity index (χ0n) is 9.45. The zero-order valence-corrected chi connectivity index (χ0v) is 11.0. The molecule has 0 aromatic heterocycles. The van der Waals surface area contributed by atoms with Crippen LogP contribution in [0.4, 0.5) is 10.1 Å². The molecular formula is C14H13BrFN. The molecule has 0 radical (unpaired) electrons. The van der Waals surface area contributed by atoms with Crippen LogP contribution < -0.4 is 5.32 Å². The fourth-order valence-corrected chi connectivity index (χ4v) is 2.09. The van der Waals surface area contributed by atoms with Gasteiger partial charge in [-0.25, -0.2) is 4.39 Å². The van der Waals surface area contributed by atoms with E-state index in [0.29, 0.717) is 0 Å². The molecule has 0 aliphatic rings. The Kier molecular flexibility index (Phi) is 3.79. The van der Waals surface area contributed by atoms with Crippen molar-refractivity contribution in [1.82, 2.24) is 0 Å². The molecule has 2 aromatic rings. The lowest BCUT2D eigenvalue weighted by Crippen LogP contribution is -2.06. The van der Waals surface area contributed by atoms with E-state index in [9.17, 15) is 4.39 Å². The first kappa shape index (κ1) is 12.1. The molecule has 0 saturated carbocycles. The minimum atomic E-state index is -0.203. The van der Waals surface area contributed by atoms with Gasteiger partial charge >= 0.3 is 0 Å². The van der Waals surface area contributed by atoms with Crippen molar-refractivity contribution in [2.24, 2.45) is 0 Å². The fourth-order valence-electron chi connectivity index (χ4n) is 1.69. The summed E-state index contributed by atoms with van der Waals surface area (Å²) in [7, 11) is 0. The van der Waals surface area contributed by atoms with Gasteiger partial charge in [-0.1, -0.05) is 34.1 Å². The predicted molar refractivity (Wildman–Crippen MR) is 72.6 cm³/mol. The van der Waals surface area contributed by atoms with E-state index in [4.69, 9.17) is 0 Å². The minimum absolute atomic E-state index is 0.0694. The quantitative estimate of drug-likeness (QED) is 0.860. The molecule has 0 bridgehead atoms. The Labute approximate surface area is 109 Å². The van der Waals surface area contributed by atoms with Gasteiger partial charge in [0.05, 0.1) is 0 Å². The lowest BCUT2D eigenvalue weighted by molar-refractivity contribution is 0.623. The molecule has 1 nitrogen and oxygen atoms in total. The van der Waals surface area contributed by atoms with Crippen molar-refractivity contribution in [2.45, 2.75) is 13.0 Å². The molecule has 0 heterocycles. The third-order valence-corrected chi connectivity index (χ3v) is 3.05. The molecule has 1 unspecified atom stereocenters. The predicted octanol–water partition coefficient (Wildman–Crippen LogP) is 4.76. The topological polar surface area (TPSA) is 12.0 Å². The lowest BCUT2D eigenvalue weighted by Gasteiger charge is -2.16. The largest absolute Gasteiger partial charge is 0.378 e. The maximum atomic E-state index is 13.1. The number of anilines is 1.